The zero-order valence-electron chi connectivity index (χ0n) is 8.03. The molecule has 3 N–H and O–H groups in total. The minimum Gasteiger partial charge on any atom is -0.322 e. The van der Waals surface area contributed by atoms with E-state index in [4.69, 9.17) is 5.73 Å². The third kappa shape index (κ3) is 2.29. The molecule has 5 nitrogen and oxygen atoms in total. The Bertz CT molecular complexity index is 316. The number of carbonyl (C=O) groups is 1. The fourth-order valence-electron chi connectivity index (χ4n) is 0.969. The van der Waals surface area contributed by atoms with E-state index in [9.17, 15) is 4.79 Å². The topological polar surface area (TPSA) is 72.9 Å². The highest BCUT2D eigenvalue weighted by Crippen LogP contribution is 2.10. The van der Waals surface area contributed by atoms with E-state index in [0.717, 1.165) is 5.69 Å². The maximum absolute atomic E-state index is 11.2. The summed E-state index contributed by atoms with van der Waals surface area (Å²) in [7, 11) is 1.80. The predicted molar refractivity (Wildman–Crippen MR) is 50.2 cm³/mol. The summed E-state index contributed by atoms with van der Waals surface area (Å²) in [6.45, 7) is 3.47. The lowest BCUT2D eigenvalue weighted by Crippen LogP contribution is -2.32. The van der Waals surface area contributed by atoms with Crippen molar-refractivity contribution in [2.24, 2.45) is 12.8 Å². The molecule has 5 heteroatoms. The smallest absolute Gasteiger partial charge is 0.241 e. The van der Waals surface area contributed by atoms with Crippen LogP contribution in [-0.4, -0.2) is 21.7 Å². The van der Waals surface area contributed by atoms with Gasteiger partial charge in [0.2, 0.25) is 5.91 Å². The van der Waals surface area contributed by atoms with Crippen LogP contribution in [0.15, 0.2) is 6.20 Å². The molecule has 0 aliphatic carbocycles. The molecule has 1 aromatic rings. The van der Waals surface area contributed by atoms with E-state index in [-0.39, 0.29) is 5.91 Å². The number of nitrogens with two attached hydrogens (primary N) is 1. The van der Waals surface area contributed by atoms with E-state index in [1.54, 1.807) is 24.9 Å². The maximum atomic E-state index is 11.2. The monoisotopic (exact) mass is 182 g/mol. The van der Waals surface area contributed by atoms with Crippen molar-refractivity contribution in [2.45, 2.75) is 19.9 Å². The Labute approximate surface area is 76.9 Å². The second-order valence-corrected chi connectivity index (χ2v) is 3.08. The fraction of sp³-hybridized carbons (Fsp3) is 0.500. The van der Waals surface area contributed by atoms with Gasteiger partial charge in [0.15, 0.2) is 0 Å². The Hall–Kier alpha value is -1.36. The van der Waals surface area contributed by atoms with E-state index in [0.29, 0.717) is 5.69 Å². The normalized spacial score (nSPS) is 12.6. The Balaban J connectivity index is 2.74. The summed E-state index contributed by atoms with van der Waals surface area (Å²) in [5, 5.41) is 6.77. The van der Waals surface area contributed by atoms with Gasteiger partial charge in [0, 0.05) is 13.2 Å². The van der Waals surface area contributed by atoms with Gasteiger partial charge in [-0.3, -0.25) is 9.48 Å². The highest BCUT2D eigenvalue weighted by atomic mass is 16.2. The third-order valence-corrected chi connectivity index (χ3v) is 1.68. The lowest BCUT2D eigenvalue weighted by Gasteiger charge is -2.05. The van der Waals surface area contributed by atoms with Crippen LogP contribution in [0.25, 0.3) is 0 Å². The Morgan fingerprint density at radius 3 is 2.77 bits per heavy atom. The average Bonchev–Trinajstić information content (AvgIpc) is 2.30. The first-order valence-electron chi connectivity index (χ1n) is 4.07. The molecular formula is C8H14N4O. The maximum Gasteiger partial charge on any atom is 0.241 e. The first-order chi connectivity index (χ1) is 6.00. The lowest BCUT2D eigenvalue weighted by molar-refractivity contribution is -0.117. The minimum absolute atomic E-state index is 0.198. The van der Waals surface area contributed by atoms with E-state index in [2.05, 4.69) is 10.4 Å². The number of rotatable bonds is 2. The quantitative estimate of drug-likeness (QED) is 0.677. The standard InChI is InChI=1S/C8H14N4O/c1-5(9)8(13)10-7-4-12(3)11-6(7)2/h4-5H,9H2,1-3H3,(H,10,13)/t5-/m1/s1. The molecule has 13 heavy (non-hydrogen) atoms. The predicted octanol–water partition coefficient (Wildman–Crippen LogP) is 0.0142. The Morgan fingerprint density at radius 2 is 2.38 bits per heavy atom. The molecule has 1 aromatic heterocycles. The second kappa shape index (κ2) is 3.57. The molecule has 0 fully saturated rings. The summed E-state index contributed by atoms with van der Waals surface area (Å²) in [5.41, 5.74) is 6.90. The number of hydrogen-bond acceptors (Lipinski definition) is 3. The van der Waals surface area contributed by atoms with Gasteiger partial charge in [0.1, 0.15) is 0 Å². The molecule has 0 saturated carbocycles. The first-order valence-corrected chi connectivity index (χ1v) is 4.07. The summed E-state index contributed by atoms with van der Waals surface area (Å²) in [6, 6.07) is -0.500. The number of nitrogens with one attached hydrogen (secondary N) is 1. The van der Waals surface area contributed by atoms with Crippen LogP contribution < -0.4 is 11.1 Å². The van der Waals surface area contributed by atoms with Gasteiger partial charge in [0.05, 0.1) is 17.4 Å². The number of carbonyl (C=O) groups excluding carboxylic acids is 1. The molecule has 0 aliphatic rings. The van der Waals surface area contributed by atoms with Gasteiger partial charge < -0.3 is 11.1 Å². The molecule has 0 aromatic carbocycles. The van der Waals surface area contributed by atoms with Gasteiger partial charge in [-0.2, -0.15) is 5.10 Å². The molecule has 0 bridgehead atoms. The van der Waals surface area contributed by atoms with Gasteiger partial charge in [-0.05, 0) is 13.8 Å². The minimum atomic E-state index is -0.500. The molecule has 1 atom stereocenters. The van der Waals surface area contributed by atoms with Gasteiger partial charge in [-0.1, -0.05) is 0 Å². The van der Waals surface area contributed by atoms with Crippen molar-refractivity contribution in [3.05, 3.63) is 11.9 Å². The van der Waals surface area contributed by atoms with Crippen molar-refractivity contribution in [3.63, 3.8) is 0 Å². The second-order valence-electron chi connectivity index (χ2n) is 3.08. The molecule has 1 amide bonds. The molecule has 0 unspecified atom stereocenters. The van der Waals surface area contributed by atoms with Crippen LogP contribution >= 0.6 is 0 Å². The summed E-state index contributed by atoms with van der Waals surface area (Å²) >= 11 is 0. The first kappa shape index (κ1) is 9.73. The number of hydrogen-bond donors (Lipinski definition) is 2. The van der Waals surface area contributed by atoms with Crippen molar-refractivity contribution < 1.29 is 4.79 Å². The van der Waals surface area contributed by atoms with Crippen LogP contribution in [0.3, 0.4) is 0 Å². The zero-order chi connectivity index (χ0) is 10.0. The summed E-state index contributed by atoms with van der Waals surface area (Å²) < 4.78 is 1.64. The summed E-state index contributed by atoms with van der Waals surface area (Å²) in [5.74, 6) is -0.198. The zero-order valence-corrected chi connectivity index (χ0v) is 8.03. The van der Waals surface area contributed by atoms with Crippen molar-refractivity contribution in [1.29, 1.82) is 0 Å². The van der Waals surface area contributed by atoms with Crippen molar-refractivity contribution in [3.8, 4) is 0 Å². The van der Waals surface area contributed by atoms with Crippen LogP contribution in [0.2, 0.25) is 0 Å². The van der Waals surface area contributed by atoms with Crippen molar-refractivity contribution in [1.82, 2.24) is 9.78 Å². The lowest BCUT2D eigenvalue weighted by atomic mass is 10.3. The van der Waals surface area contributed by atoms with Crippen molar-refractivity contribution in [2.75, 3.05) is 5.32 Å². The van der Waals surface area contributed by atoms with Gasteiger partial charge in [-0.15, -0.1) is 0 Å². The number of aryl methyl sites for hydroxylation is 2. The highest BCUT2D eigenvalue weighted by Gasteiger charge is 2.10. The SMILES string of the molecule is Cc1nn(C)cc1NC(=O)[C@@H](C)N. The number of amides is 1. The van der Waals surface area contributed by atoms with Crippen molar-refractivity contribution >= 4 is 11.6 Å². The van der Waals surface area contributed by atoms with E-state index >= 15 is 0 Å². The molecule has 1 heterocycles. The number of anilines is 1. The molecule has 0 radical (unpaired) electrons. The Morgan fingerprint density at radius 1 is 1.77 bits per heavy atom. The van der Waals surface area contributed by atoms with E-state index in [1.165, 1.54) is 0 Å². The van der Waals surface area contributed by atoms with Crippen LogP contribution in [0, 0.1) is 6.92 Å². The number of aromatic nitrogens is 2. The van der Waals surface area contributed by atoms with E-state index < -0.39 is 6.04 Å². The van der Waals surface area contributed by atoms with Crippen LogP contribution in [0.5, 0.6) is 0 Å². The molecule has 0 spiro atoms. The molecular weight excluding hydrogens is 168 g/mol. The Kier molecular flexibility index (Phi) is 2.67. The summed E-state index contributed by atoms with van der Waals surface area (Å²) in [4.78, 5) is 11.2. The highest BCUT2D eigenvalue weighted by molar-refractivity contribution is 5.94. The average molecular weight is 182 g/mol. The third-order valence-electron chi connectivity index (χ3n) is 1.68. The van der Waals surface area contributed by atoms with E-state index in [1.807, 2.05) is 6.92 Å². The number of nitrogens with zero attached hydrogens (tertiary/aromatic N) is 2. The van der Waals surface area contributed by atoms with Gasteiger partial charge >= 0.3 is 0 Å². The molecule has 0 saturated heterocycles. The van der Waals surface area contributed by atoms with Gasteiger partial charge in [-0.25, -0.2) is 0 Å². The molecule has 72 valence electrons. The molecule has 1 rings (SSSR count). The van der Waals surface area contributed by atoms with Crippen LogP contribution in [-0.2, 0) is 11.8 Å². The largest absolute Gasteiger partial charge is 0.322 e. The molecule has 0 aliphatic heterocycles. The van der Waals surface area contributed by atoms with Crippen LogP contribution in [0.1, 0.15) is 12.6 Å². The van der Waals surface area contributed by atoms with Gasteiger partial charge in [0.25, 0.3) is 0 Å². The van der Waals surface area contributed by atoms with Crippen LogP contribution in [0.4, 0.5) is 5.69 Å². The summed E-state index contributed by atoms with van der Waals surface area (Å²) in [6.07, 6.45) is 1.75. The fourth-order valence-corrected chi connectivity index (χ4v) is 0.969.